The van der Waals surface area contributed by atoms with Crippen molar-refractivity contribution in [3.63, 3.8) is 0 Å². The van der Waals surface area contributed by atoms with Crippen LogP contribution in [0.1, 0.15) is 21.5 Å². The molecule has 0 saturated carbocycles. The molecule has 10 nitrogen and oxygen atoms in total. The molecule has 1 aliphatic rings. The van der Waals surface area contributed by atoms with Crippen molar-refractivity contribution in [2.45, 2.75) is 13.8 Å². The minimum Gasteiger partial charge on any atom is -0.465 e. The summed E-state index contributed by atoms with van der Waals surface area (Å²) < 4.78 is 4.88. The summed E-state index contributed by atoms with van der Waals surface area (Å²) in [6.07, 6.45) is 1.33. The molecule has 2 aromatic carbocycles. The Labute approximate surface area is 203 Å². The third-order valence-electron chi connectivity index (χ3n) is 6.45. The lowest BCUT2D eigenvalue weighted by Crippen LogP contribution is -2.47. The Hall–Kier alpha value is -4.21. The van der Waals surface area contributed by atoms with Gasteiger partial charge < -0.3 is 19.4 Å². The van der Waals surface area contributed by atoms with Crippen LogP contribution in [0, 0.1) is 24.0 Å². The van der Waals surface area contributed by atoms with E-state index in [4.69, 9.17) is 4.74 Å². The molecule has 2 heterocycles. The van der Waals surface area contributed by atoms with Gasteiger partial charge in [0.2, 0.25) is 11.6 Å². The molecule has 4 rings (SSSR count). The highest BCUT2D eigenvalue weighted by molar-refractivity contribution is 5.97. The first kappa shape index (κ1) is 23.9. The maximum Gasteiger partial charge on any atom is 0.353 e. The van der Waals surface area contributed by atoms with Crippen molar-refractivity contribution in [1.82, 2.24) is 9.97 Å². The number of nitrogens with zero attached hydrogens (tertiary/aromatic N) is 6. The van der Waals surface area contributed by atoms with E-state index in [0.29, 0.717) is 31.9 Å². The number of aromatic nitrogens is 2. The van der Waals surface area contributed by atoms with Gasteiger partial charge in [-0.1, -0.05) is 24.3 Å². The number of rotatable bonds is 6. The Bertz CT molecular complexity index is 1260. The highest BCUT2D eigenvalue weighted by Gasteiger charge is 2.32. The molecule has 0 bridgehead atoms. The molecule has 1 fully saturated rings. The van der Waals surface area contributed by atoms with Crippen LogP contribution in [0.4, 0.5) is 28.7 Å². The number of hydrogen-bond acceptors (Lipinski definition) is 9. The Morgan fingerprint density at radius 2 is 1.71 bits per heavy atom. The van der Waals surface area contributed by atoms with Gasteiger partial charge in [-0.2, -0.15) is 0 Å². The van der Waals surface area contributed by atoms with Crippen LogP contribution in [0.15, 0.2) is 48.8 Å². The van der Waals surface area contributed by atoms with Crippen molar-refractivity contribution in [3.8, 4) is 0 Å². The summed E-state index contributed by atoms with van der Waals surface area (Å²) in [5.41, 5.74) is 4.19. The Balaban J connectivity index is 1.65. The highest BCUT2D eigenvalue weighted by atomic mass is 16.6. The van der Waals surface area contributed by atoms with Gasteiger partial charge in [-0.05, 0) is 43.2 Å². The number of para-hydroxylation sites is 1. The second-order valence-electron chi connectivity index (χ2n) is 8.39. The fourth-order valence-electron chi connectivity index (χ4n) is 4.40. The third-order valence-corrected chi connectivity index (χ3v) is 6.45. The fourth-order valence-corrected chi connectivity index (χ4v) is 4.40. The van der Waals surface area contributed by atoms with Gasteiger partial charge in [0.25, 0.3) is 0 Å². The molecule has 1 aliphatic heterocycles. The number of piperazine rings is 1. The van der Waals surface area contributed by atoms with Crippen molar-refractivity contribution in [3.05, 3.63) is 75.6 Å². The van der Waals surface area contributed by atoms with E-state index < -0.39 is 10.9 Å². The normalized spacial score (nSPS) is 13.5. The number of methoxy groups -OCH3 is 1. The van der Waals surface area contributed by atoms with Crippen LogP contribution < -0.4 is 14.7 Å². The van der Waals surface area contributed by atoms with Gasteiger partial charge in [-0.25, -0.2) is 14.8 Å². The van der Waals surface area contributed by atoms with Gasteiger partial charge >= 0.3 is 11.7 Å². The topological polar surface area (TPSA) is 105 Å². The highest BCUT2D eigenvalue weighted by Crippen LogP contribution is 2.38. The maximum atomic E-state index is 12.3. The minimum absolute atomic E-state index is 0.105. The maximum absolute atomic E-state index is 12.3. The van der Waals surface area contributed by atoms with Crippen LogP contribution in [-0.4, -0.2) is 61.2 Å². The molecule has 0 radical (unpaired) electrons. The summed E-state index contributed by atoms with van der Waals surface area (Å²) in [6.45, 7) is 6.78. The molecular formula is C25H28N6O4. The number of anilines is 4. The van der Waals surface area contributed by atoms with Gasteiger partial charge in [0.15, 0.2) is 0 Å². The summed E-state index contributed by atoms with van der Waals surface area (Å²) in [5.74, 6) is -0.164. The van der Waals surface area contributed by atoms with Crippen LogP contribution >= 0.6 is 0 Å². The predicted octanol–water partition coefficient (Wildman–Crippen LogP) is 3.88. The molecule has 10 heteroatoms. The van der Waals surface area contributed by atoms with Crippen molar-refractivity contribution >= 4 is 34.7 Å². The van der Waals surface area contributed by atoms with Crippen molar-refractivity contribution in [2.24, 2.45) is 0 Å². The van der Waals surface area contributed by atoms with E-state index in [9.17, 15) is 14.9 Å². The second kappa shape index (κ2) is 9.96. The molecule has 0 aliphatic carbocycles. The summed E-state index contributed by atoms with van der Waals surface area (Å²) in [5, 5.41) is 12.2. The van der Waals surface area contributed by atoms with E-state index in [1.54, 1.807) is 31.3 Å². The van der Waals surface area contributed by atoms with E-state index in [1.165, 1.54) is 35.2 Å². The van der Waals surface area contributed by atoms with E-state index in [0.717, 1.165) is 0 Å². The van der Waals surface area contributed by atoms with Crippen LogP contribution in [-0.2, 0) is 4.74 Å². The molecular weight excluding hydrogens is 448 g/mol. The Kier molecular flexibility index (Phi) is 6.81. The molecule has 0 N–H and O–H groups in total. The smallest absolute Gasteiger partial charge is 0.353 e. The molecule has 1 aromatic heterocycles. The quantitative estimate of drug-likeness (QED) is 0.298. The zero-order valence-corrected chi connectivity index (χ0v) is 20.3. The largest absolute Gasteiger partial charge is 0.465 e. The van der Waals surface area contributed by atoms with Crippen LogP contribution in [0.2, 0.25) is 0 Å². The summed E-state index contributed by atoms with van der Waals surface area (Å²) in [7, 11) is 2.93. The zero-order valence-electron chi connectivity index (χ0n) is 20.3. The number of hydrogen-bond donors (Lipinski definition) is 0. The number of benzene rings is 2. The first-order chi connectivity index (χ1) is 16.8. The SMILES string of the molecule is COC(=O)c1ccccc1N(C)c1ncnc(N2CCN(c3cccc(C)c3C)CC2)c1[N+](=O)[O-]. The summed E-state index contributed by atoms with van der Waals surface area (Å²) in [6, 6.07) is 13.0. The predicted molar refractivity (Wildman–Crippen MR) is 135 cm³/mol. The molecule has 0 unspecified atom stereocenters. The first-order valence-electron chi connectivity index (χ1n) is 11.3. The first-order valence-corrected chi connectivity index (χ1v) is 11.3. The average molecular weight is 477 g/mol. The number of nitro groups is 1. The summed E-state index contributed by atoms with van der Waals surface area (Å²) >= 11 is 0. The average Bonchev–Trinajstić information content (AvgIpc) is 2.89. The van der Waals surface area contributed by atoms with Crippen LogP contribution in [0.25, 0.3) is 0 Å². The third kappa shape index (κ3) is 4.59. The number of ether oxygens (including phenoxy) is 1. The van der Waals surface area contributed by atoms with Gasteiger partial charge in [-0.15, -0.1) is 0 Å². The lowest BCUT2D eigenvalue weighted by atomic mass is 10.1. The van der Waals surface area contributed by atoms with Crippen molar-refractivity contribution < 1.29 is 14.5 Å². The molecule has 0 amide bonds. The molecule has 182 valence electrons. The second-order valence-corrected chi connectivity index (χ2v) is 8.39. The number of carbonyl (C=O) groups is 1. The molecule has 1 saturated heterocycles. The van der Waals surface area contributed by atoms with Crippen LogP contribution in [0.5, 0.6) is 0 Å². The van der Waals surface area contributed by atoms with E-state index in [-0.39, 0.29) is 22.9 Å². The van der Waals surface area contributed by atoms with Crippen molar-refractivity contribution in [1.29, 1.82) is 0 Å². The molecule has 3 aromatic rings. The van der Waals surface area contributed by atoms with Crippen molar-refractivity contribution in [2.75, 3.05) is 55.0 Å². The Morgan fingerprint density at radius 3 is 2.40 bits per heavy atom. The van der Waals surface area contributed by atoms with Gasteiger partial charge in [0.1, 0.15) is 6.33 Å². The fraction of sp³-hybridized carbons (Fsp3) is 0.320. The van der Waals surface area contributed by atoms with Crippen LogP contribution in [0.3, 0.4) is 0 Å². The Morgan fingerprint density at radius 1 is 1.03 bits per heavy atom. The molecule has 35 heavy (non-hydrogen) atoms. The van der Waals surface area contributed by atoms with Gasteiger partial charge in [-0.3, -0.25) is 10.1 Å². The number of aryl methyl sites for hydroxylation is 1. The van der Waals surface area contributed by atoms with Gasteiger partial charge in [0, 0.05) is 38.9 Å². The minimum atomic E-state index is -0.535. The molecule has 0 atom stereocenters. The van der Waals surface area contributed by atoms with E-state index in [1.807, 2.05) is 11.0 Å². The number of carbonyl (C=O) groups excluding carboxylic acids is 1. The molecule has 0 spiro atoms. The van der Waals surface area contributed by atoms with Gasteiger partial charge in [0.05, 0.1) is 23.3 Å². The standard InChI is InChI=1S/C25H28N6O4/c1-17-8-7-11-20(18(17)2)29-12-14-30(15-13-29)24-22(31(33)34)23(26-16-27-24)28(3)21-10-6-5-9-19(21)25(32)35-4/h5-11,16H,12-15H2,1-4H3. The monoisotopic (exact) mass is 476 g/mol. The van der Waals surface area contributed by atoms with E-state index in [2.05, 4.69) is 40.8 Å². The summed E-state index contributed by atoms with van der Waals surface area (Å²) in [4.78, 5) is 38.3. The lowest BCUT2D eigenvalue weighted by molar-refractivity contribution is -0.383. The number of esters is 1. The van der Waals surface area contributed by atoms with E-state index >= 15 is 0 Å². The lowest BCUT2D eigenvalue weighted by Gasteiger charge is -2.37. The zero-order chi connectivity index (χ0) is 25.1.